The third-order valence-electron chi connectivity index (χ3n) is 2.68. The Hall–Kier alpha value is -0.380. The summed E-state index contributed by atoms with van der Waals surface area (Å²) in [6.07, 6.45) is 3.74. The molecule has 2 nitrogen and oxygen atoms in total. The van der Waals surface area contributed by atoms with Crippen molar-refractivity contribution in [1.82, 2.24) is 5.32 Å². The van der Waals surface area contributed by atoms with Crippen LogP contribution in [0.25, 0.3) is 0 Å². The number of hydrogen-bond donors (Lipinski definition) is 1. The molecule has 1 aromatic carbocycles. The summed E-state index contributed by atoms with van der Waals surface area (Å²) in [4.78, 5) is 0. The monoisotopic (exact) mass is 273 g/mol. The minimum absolute atomic E-state index is 0.359. The molecule has 0 radical (unpaired) electrons. The number of halogens is 1. The third-order valence-corrected chi connectivity index (χ3v) is 3.80. The van der Waals surface area contributed by atoms with Crippen LogP contribution in [-0.4, -0.2) is 22.8 Å². The maximum Gasteiger partial charge on any atom is 0.0406 e. The lowest BCUT2D eigenvalue weighted by atomic mass is 10.0. The second kappa shape index (κ2) is 7.85. The van der Waals surface area contributed by atoms with E-state index >= 15 is 0 Å². The summed E-state index contributed by atoms with van der Waals surface area (Å²) in [5.74, 6) is 0.768. The lowest BCUT2D eigenvalue weighted by molar-refractivity contribution is 0.519. The zero-order valence-corrected chi connectivity index (χ0v) is 12.0. The van der Waals surface area contributed by atoms with Crippen LogP contribution in [0.5, 0.6) is 0 Å². The minimum Gasteiger partial charge on any atom is -0.310 e. The molecule has 0 fully saturated rings. The van der Waals surface area contributed by atoms with Gasteiger partial charge in [-0.3, -0.25) is 4.21 Å². The summed E-state index contributed by atoms with van der Waals surface area (Å²) < 4.78 is 10.9. The molecular weight excluding hydrogens is 254 g/mol. The van der Waals surface area contributed by atoms with Crippen molar-refractivity contribution < 1.29 is 4.21 Å². The van der Waals surface area contributed by atoms with Crippen molar-refractivity contribution in [1.29, 1.82) is 0 Å². The predicted molar refractivity (Wildman–Crippen MR) is 76.0 cm³/mol. The first-order chi connectivity index (χ1) is 8.13. The van der Waals surface area contributed by atoms with Gasteiger partial charge in [-0.1, -0.05) is 30.7 Å². The van der Waals surface area contributed by atoms with E-state index in [1.807, 2.05) is 12.1 Å². The van der Waals surface area contributed by atoms with Crippen LogP contribution in [-0.2, 0) is 10.8 Å². The van der Waals surface area contributed by atoms with Gasteiger partial charge in [0.15, 0.2) is 0 Å². The van der Waals surface area contributed by atoms with Crippen LogP contribution in [0.15, 0.2) is 24.3 Å². The van der Waals surface area contributed by atoms with E-state index in [0.29, 0.717) is 6.04 Å². The van der Waals surface area contributed by atoms with Crippen molar-refractivity contribution >= 4 is 22.4 Å². The molecule has 0 aliphatic carbocycles. The second-order valence-corrected chi connectivity index (χ2v) is 6.09. The molecule has 4 heteroatoms. The van der Waals surface area contributed by atoms with Crippen molar-refractivity contribution in [3.63, 3.8) is 0 Å². The normalized spacial score (nSPS) is 14.5. The molecule has 2 atom stereocenters. The Morgan fingerprint density at radius 2 is 2.00 bits per heavy atom. The summed E-state index contributed by atoms with van der Waals surface area (Å²) in [6, 6.07) is 8.31. The zero-order valence-electron chi connectivity index (χ0n) is 10.4. The molecule has 0 bridgehead atoms. The molecule has 0 saturated carbocycles. The summed E-state index contributed by atoms with van der Waals surface area (Å²) in [7, 11) is -0.687. The van der Waals surface area contributed by atoms with Gasteiger partial charge >= 0.3 is 0 Å². The van der Waals surface area contributed by atoms with Crippen LogP contribution in [0.4, 0.5) is 0 Å². The second-order valence-electron chi connectivity index (χ2n) is 4.10. The zero-order chi connectivity index (χ0) is 12.7. The molecule has 0 aliphatic heterocycles. The van der Waals surface area contributed by atoms with E-state index in [4.69, 9.17) is 11.6 Å². The van der Waals surface area contributed by atoms with E-state index in [1.165, 1.54) is 5.56 Å². The molecular formula is C13H20ClNOS. The summed E-state index contributed by atoms with van der Waals surface area (Å²) >= 11 is 5.87. The van der Waals surface area contributed by atoms with Gasteiger partial charge in [0.1, 0.15) is 0 Å². The molecule has 96 valence electrons. The predicted octanol–water partition coefficient (Wildman–Crippen LogP) is 3.15. The largest absolute Gasteiger partial charge is 0.310 e. The average Bonchev–Trinajstić information content (AvgIpc) is 2.30. The first kappa shape index (κ1) is 14.7. The fourth-order valence-corrected chi connectivity index (χ4v) is 2.42. The first-order valence-corrected chi connectivity index (χ1v) is 8.03. The van der Waals surface area contributed by atoms with Crippen LogP contribution in [0.3, 0.4) is 0 Å². The molecule has 2 unspecified atom stereocenters. The van der Waals surface area contributed by atoms with Gasteiger partial charge in [-0.25, -0.2) is 0 Å². The number of benzene rings is 1. The van der Waals surface area contributed by atoms with Crippen LogP contribution in [0.2, 0.25) is 5.02 Å². The van der Waals surface area contributed by atoms with Crippen LogP contribution in [0, 0.1) is 0 Å². The van der Waals surface area contributed by atoms with Crippen LogP contribution in [0.1, 0.15) is 31.4 Å². The van der Waals surface area contributed by atoms with Gasteiger partial charge in [0.05, 0.1) is 0 Å². The number of hydrogen-bond acceptors (Lipinski definition) is 2. The fourth-order valence-electron chi connectivity index (χ4n) is 1.74. The Kier molecular flexibility index (Phi) is 6.78. The number of rotatable bonds is 7. The summed E-state index contributed by atoms with van der Waals surface area (Å²) in [5.41, 5.74) is 1.26. The van der Waals surface area contributed by atoms with E-state index in [1.54, 1.807) is 6.26 Å². The third kappa shape index (κ3) is 5.66. The topological polar surface area (TPSA) is 29.1 Å². The van der Waals surface area contributed by atoms with Gasteiger partial charge in [0.25, 0.3) is 0 Å². The molecule has 0 aliphatic rings. The Morgan fingerprint density at radius 1 is 1.35 bits per heavy atom. The standard InChI is InChI=1S/C13H20ClNOS/c1-3-13(15-9-4-10-17(2)16)11-5-7-12(14)8-6-11/h5-8,13,15H,3-4,9-10H2,1-2H3. The minimum atomic E-state index is -0.687. The highest BCUT2D eigenvalue weighted by Gasteiger charge is 2.07. The van der Waals surface area contributed by atoms with Gasteiger partial charge in [-0.15, -0.1) is 0 Å². The SMILES string of the molecule is CCC(NCCCS(C)=O)c1ccc(Cl)cc1. The van der Waals surface area contributed by atoms with Gasteiger partial charge in [-0.2, -0.15) is 0 Å². The molecule has 17 heavy (non-hydrogen) atoms. The highest BCUT2D eigenvalue weighted by molar-refractivity contribution is 7.84. The van der Waals surface area contributed by atoms with E-state index in [-0.39, 0.29) is 0 Å². The molecule has 0 spiro atoms. The van der Waals surface area contributed by atoms with Crippen molar-refractivity contribution in [3.05, 3.63) is 34.9 Å². The van der Waals surface area contributed by atoms with Gasteiger partial charge in [0, 0.05) is 33.9 Å². The maximum absolute atomic E-state index is 10.9. The Morgan fingerprint density at radius 3 is 2.53 bits per heavy atom. The Labute approximate surface area is 111 Å². The molecule has 1 rings (SSSR count). The van der Waals surface area contributed by atoms with E-state index in [2.05, 4.69) is 24.4 Å². The van der Waals surface area contributed by atoms with Crippen molar-refractivity contribution in [3.8, 4) is 0 Å². The highest BCUT2D eigenvalue weighted by Crippen LogP contribution is 2.18. The van der Waals surface area contributed by atoms with E-state index < -0.39 is 10.8 Å². The van der Waals surface area contributed by atoms with Crippen LogP contribution < -0.4 is 5.32 Å². The molecule has 0 amide bonds. The van der Waals surface area contributed by atoms with Gasteiger partial charge in [-0.05, 0) is 37.1 Å². The molecule has 0 aromatic heterocycles. The van der Waals surface area contributed by atoms with Crippen molar-refractivity contribution in [2.45, 2.75) is 25.8 Å². The summed E-state index contributed by atoms with van der Waals surface area (Å²) in [6.45, 7) is 3.06. The number of nitrogens with one attached hydrogen (secondary N) is 1. The Balaban J connectivity index is 2.43. The first-order valence-electron chi connectivity index (χ1n) is 5.92. The lowest BCUT2D eigenvalue weighted by Crippen LogP contribution is -2.22. The summed E-state index contributed by atoms with van der Waals surface area (Å²) in [5, 5.41) is 4.25. The molecule has 0 saturated heterocycles. The lowest BCUT2D eigenvalue weighted by Gasteiger charge is -2.17. The van der Waals surface area contributed by atoms with E-state index in [9.17, 15) is 4.21 Å². The molecule has 1 N–H and O–H groups in total. The highest BCUT2D eigenvalue weighted by atomic mass is 35.5. The average molecular weight is 274 g/mol. The quantitative estimate of drug-likeness (QED) is 0.774. The fraction of sp³-hybridized carbons (Fsp3) is 0.538. The van der Waals surface area contributed by atoms with Crippen molar-refractivity contribution in [2.24, 2.45) is 0 Å². The van der Waals surface area contributed by atoms with Gasteiger partial charge in [0.2, 0.25) is 0 Å². The van der Waals surface area contributed by atoms with Crippen molar-refractivity contribution in [2.75, 3.05) is 18.6 Å². The molecule has 1 aromatic rings. The smallest absolute Gasteiger partial charge is 0.0406 e. The van der Waals surface area contributed by atoms with Crippen LogP contribution >= 0.6 is 11.6 Å². The molecule has 0 heterocycles. The van der Waals surface area contributed by atoms with Gasteiger partial charge < -0.3 is 5.32 Å². The maximum atomic E-state index is 10.9. The van der Waals surface area contributed by atoms with E-state index in [0.717, 1.165) is 30.2 Å². The Bertz CT molecular complexity index is 353.